The lowest BCUT2D eigenvalue weighted by atomic mass is 10.1. The second-order valence-electron chi connectivity index (χ2n) is 4.45. The van der Waals surface area contributed by atoms with Crippen molar-refractivity contribution in [3.63, 3.8) is 0 Å². The van der Waals surface area contributed by atoms with E-state index in [9.17, 15) is 9.59 Å². The molecule has 1 aromatic heterocycles. The second-order valence-corrected chi connectivity index (χ2v) is 4.82. The summed E-state index contributed by atoms with van der Waals surface area (Å²) in [4.78, 5) is 26.6. The normalized spacial score (nSPS) is 10.7. The number of aryl methyl sites for hydroxylation is 1. The second kappa shape index (κ2) is 5.45. The molecule has 0 unspecified atom stereocenters. The Kier molecular flexibility index (Phi) is 3.90. The Labute approximate surface area is 115 Å². The first-order chi connectivity index (χ1) is 9.04. The van der Waals surface area contributed by atoms with Crippen molar-refractivity contribution in [1.29, 1.82) is 0 Å². The van der Waals surface area contributed by atoms with E-state index < -0.39 is 5.69 Å². The topological polar surface area (TPSA) is 54.9 Å². The molecule has 0 saturated heterocycles. The Morgan fingerprint density at radius 3 is 2.68 bits per heavy atom. The number of hydrogen-bond donors (Lipinski definition) is 1. The number of nitrogens with zero attached hydrogens (tertiary/aromatic N) is 1. The molecule has 0 atom stereocenters. The van der Waals surface area contributed by atoms with Crippen molar-refractivity contribution in [3.8, 4) is 11.1 Å². The van der Waals surface area contributed by atoms with E-state index in [2.05, 4.69) is 4.98 Å². The zero-order chi connectivity index (χ0) is 14.0. The van der Waals surface area contributed by atoms with Gasteiger partial charge in [0.25, 0.3) is 5.56 Å². The number of aromatic amines is 1. The van der Waals surface area contributed by atoms with Gasteiger partial charge in [0.2, 0.25) is 0 Å². The third-order valence-corrected chi connectivity index (χ3v) is 3.18. The summed E-state index contributed by atoms with van der Waals surface area (Å²) in [6.45, 7) is 4.23. The fourth-order valence-corrected chi connectivity index (χ4v) is 2.29. The minimum atomic E-state index is -0.465. The van der Waals surface area contributed by atoms with Gasteiger partial charge in [-0.2, -0.15) is 0 Å². The number of rotatable bonds is 3. The lowest BCUT2D eigenvalue weighted by Gasteiger charge is -2.08. The molecule has 2 rings (SSSR count). The van der Waals surface area contributed by atoms with Crippen molar-refractivity contribution >= 4 is 11.6 Å². The van der Waals surface area contributed by atoms with Crippen LogP contribution in [0.15, 0.2) is 33.9 Å². The summed E-state index contributed by atoms with van der Waals surface area (Å²) in [6.07, 6.45) is 0.706. The molecule has 4 nitrogen and oxygen atoms in total. The van der Waals surface area contributed by atoms with Crippen molar-refractivity contribution in [1.82, 2.24) is 9.55 Å². The minimum absolute atomic E-state index is 0.0907. The van der Waals surface area contributed by atoms with Crippen molar-refractivity contribution < 1.29 is 0 Å². The van der Waals surface area contributed by atoms with E-state index in [-0.39, 0.29) is 10.7 Å². The van der Waals surface area contributed by atoms with Crippen LogP contribution in [0.1, 0.15) is 18.9 Å². The molecule has 19 heavy (non-hydrogen) atoms. The van der Waals surface area contributed by atoms with Gasteiger partial charge in [0, 0.05) is 6.54 Å². The SMILES string of the molecule is CCCn1c(=O)[nH]c(Cl)c(-c2cccc(C)c2)c1=O. The van der Waals surface area contributed by atoms with Gasteiger partial charge in [0.05, 0.1) is 5.56 Å². The zero-order valence-electron chi connectivity index (χ0n) is 10.9. The predicted octanol–water partition coefficient (Wildman–Crippen LogP) is 2.58. The van der Waals surface area contributed by atoms with Crippen LogP contribution in [0.5, 0.6) is 0 Å². The summed E-state index contributed by atoms with van der Waals surface area (Å²) < 4.78 is 1.18. The number of H-pyrrole nitrogens is 1. The molecule has 0 amide bonds. The van der Waals surface area contributed by atoms with Gasteiger partial charge in [-0.25, -0.2) is 4.79 Å². The van der Waals surface area contributed by atoms with Crippen LogP contribution in [0, 0.1) is 6.92 Å². The molecule has 0 bridgehead atoms. The Balaban J connectivity index is 2.74. The lowest BCUT2D eigenvalue weighted by Crippen LogP contribution is -2.36. The van der Waals surface area contributed by atoms with Gasteiger partial charge in [-0.3, -0.25) is 14.3 Å². The Morgan fingerprint density at radius 2 is 2.05 bits per heavy atom. The summed E-state index contributed by atoms with van der Waals surface area (Å²) >= 11 is 6.02. The first-order valence-corrected chi connectivity index (χ1v) is 6.52. The number of halogens is 1. The number of hydrogen-bond acceptors (Lipinski definition) is 2. The van der Waals surface area contributed by atoms with E-state index >= 15 is 0 Å². The maximum absolute atomic E-state index is 12.4. The monoisotopic (exact) mass is 278 g/mol. The van der Waals surface area contributed by atoms with Gasteiger partial charge >= 0.3 is 5.69 Å². The molecule has 1 aromatic carbocycles. The number of nitrogens with one attached hydrogen (secondary N) is 1. The smallest absolute Gasteiger partial charge is 0.297 e. The molecule has 5 heteroatoms. The Bertz CT molecular complexity index is 716. The number of aromatic nitrogens is 2. The van der Waals surface area contributed by atoms with E-state index in [4.69, 9.17) is 11.6 Å². The fourth-order valence-electron chi connectivity index (χ4n) is 2.02. The van der Waals surface area contributed by atoms with Crippen LogP contribution in [0.2, 0.25) is 5.15 Å². The molecule has 2 aromatic rings. The van der Waals surface area contributed by atoms with Crippen molar-refractivity contribution in [2.24, 2.45) is 0 Å². The minimum Gasteiger partial charge on any atom is -0.297 e. The summed E-state index contributed by atoms with van der Waals surface area (Å²) in [6, 6.07) is 7.48. The van der Waals surface area contributed by atoms with Crippen LogP contribution in [-0.2, 0) is 6.54 Å². The highest BCUT2D eigenvalue weighted by Crippen LogP contribution is 2.22. The zero-order valence-corrected chi connectivity index (χ0v) is 11.6. The van der Waals surface area contributed by atoms with Gasteiger partial charge in [-0.15, -0.1) is 0 Å². The van der Waals surface area contributed by atoms with E-state index in [0.717, 1.165) is 11.1 Å². The lowest BCUT2D eigenvalue weighted by molar-refractivity contribution is 0.617. The average molecular weight is 279 g/mol. The third-order valence-electron chi connectivity index (χ3n) is 2.89. The largest absolute Gasteiger partial charge is 0.329 e. The summed E-state index contributed by atoms with van der Waals surface area (Å²) in [5.74, 6) is 0. The predicted molar refractivity (Wildman–Crippen MR) is 76.8 cm³/mol. The molecule has 0 saturated carbocycles. The molecule has 0 spiro atoms. The maximum atomic E-state index is 12.4. The van der Waals surface area contributed by atoms with Crippen LogP contribution in [0.25, 0.3) is 11.1 Å². The molecule has 0 aliphatic rings. The first kappa shape index (κ1) is 13.6. The highest BCUT2D eigenvalue weighted by molar-refractivity contribution is 6.32. The molecule has 0 aliphatic carbocycles. The van der Waals surface area contributed by atoms with Gasteiger partial charge in [0.1, 0.15) is 5.15 Å². The molecule has 0 radical (unpaired) electrons. The molecule has 1 N–H and O–H groups in total. The summed E-state index contributed by atoms with van der Waals surface area (Å²) in [5.41, 5.74) is 1.28. The molecular formula is C14H15ClN2O2. The summed E-state index contributed by atoms with van der Waals surface area (Å²) in [7, 11) is 0. The van der Waals surface area contributed by atoms with Gasteiger partial charge in [-0.1, -0.05) is 48.4 Å². The van der Waals surface area contributed by atoms with E-state index in [0.29, 0.717) is 18.5 Å². The van der Waals surface area contributed by atoms with E-state index in [1.165, 1.54) is 4.57 Å². The van der Waals surface area contributed by atoms with Crippen molar-refractivity contribution in [2.45, 2.75) is 26.8 Å². The van der Waals surface area contributed by atoms with E-state index in [1.54, 1.807) is 0 Å². The van der Waals surface area contributed by atoms with E-state index in [1.807, 2.05) is 38.1 Å². The summed E-state index contributed by atoms with van der Waals surface area (Å²) in [5, 5.41) is 0.0907. The molecule has 1 heterocycles. The van der Waals surface area contributed by atoms with Crippen LogP contribution >= 0.6 is 11.6 Å². The molecule has 0 fully saturated rings. The van der Waals surface area contributed by atoms with Crippen LogP contribution in [-0.4, -0.2) is 9.55 Å². The highest BCUT2D eigenvalue weighted by Gasteiger charge is 2.14. The molecule has 100 valence electrons. The molecular weight excluding hydrogens is 264 g/mol. The molecule has 0 aliphatic heterocycles. The number of benzene rings is 1. The Morgan fingerprint density at radius 1 is 1.32 bits per heavy atom. The van der Waals surface area contributed by atoms with Gasteiger partial charge in [0.15, 0.2) is 0 Å². The third kappa shape index (κ3) is 2.63. The van der Waals surface area contributed by atoms with Crippen LogP contribution in [0.3, 0.4) is 0 Å². The Hall–Kier alpha value is -1.81. The van der Waals surface area contributed by atoms with Gasteiger partial charge in [-0.05, 0) is 18.9 Å². The standard InChI is InChI=1S/C14H15ClN2O2/c1-3-7-17-13(18)11(12(15)16-14(17)19)10-6-4-5-9(2)8-10/h4-6,8H,3,7H2,1-2H3,(H,16,19). The maximum Gasteiger partial charge on any atom is 0.329 e. The van der Waals surface area contributed by atoms with Crippen molar-refractivity contribution in [2.75, 3.05) is 0 Å². The quantitative estimate of drug-likeness (QED) is 0.878. The van der Waals surface area contributed by atoms with Gasteiger partial charge < -0.3 is 0 Å². The fraction of sp³-hybridized carbons (Fsp3) is 0.286. The van der Waals surface area contributed by atoms with Crippen molar-refractivity contribution in [3.05, 3.63) is 55.8 Å². The highest BCUT2D eigenvalue weighted by atomic mass is 35.5. The first-order valence-electron chi connectivity index (χ1n) is 6.14. The van der Waals surface area contributed by atoms with Crippen LogP contribution < -0.4 is 11.2 Å². The average Bonchev–Trinajstić information content (AvgIpc) is 2.34. The van der Waals surface area contributed by atoms with Crippen LogP contribution in [0.4, 0.5) is 0 Å².